The fraction of sp³-hybridized carbons (Fsp3) is 0.833. The van der Waals surface area contributed by atoms with Crippen LogP contribution in [-0.2, 0) is 14.6 Å². The Morgan fingerprint density at radius 1 is 1.44 bits per heavy atom. The highest BCUT2D eigenvalue weighted by molar-refractivity contribution is 5.35. The van der Waals surface area contributed by atoms with E-state index in [1.165, 1.54) is 0 Å². The van der Waals surface area contributed by atoms with E-state index in [4.69, 9.17) is 0 Å². The van der Waals surface area contributed by atoms with Crippen molar-refractivity contribution in [2.45, 2.75) is 26.2 Å². The number of carbonyl (C=O) groups excluding carboxylic acids is 1. The smallest absolute Gasteiger partial charge is 0.302 e. The molecular formula is C6H12O3. The molecule has 0 heterocycles. The molecule has 0 unspecified atom stereocenters. The zero-order chi connectivity index (χ0) is 6.95. The van der Waals surface area contributed by atoms with Gasteiger partial charge in [-0.25, -0.2) is 0 Å². The Hall–Kier alpha value is -0.570. The third kappa shape index (κ3) is 7.43. The molecule has 0 aliphatic carbocycles. The first-order chi connectivity index (χ1) is 4.41. The maximum Gasteiger partial charge on any atom is 0.330 e. The molecule has 0 aromatic heterocycles. The van der Waals surface area contributed by atoms with E-state index in [1.807, 2.05) is 0 Å². The monoisotopic (exact) mass is 132 g/mol. The Balaban J connectivity index is 2.66. The van der Waals surface area contributed by atoms with Crippen molar-refractivity contribution >= 4 is 6.47 Å². The van der Waals surface area contributed by atoms with Gasteiger partial charge in [-0.3, -0.25) is 4.79 Å². The van der Waals surface area contributed by atoms with Crippen LogP contribution in [0.25, 0.3) is 0 Å². The number of rotatable bonds is 6. The van der Waals surface area contributed by atoms with Gasteiger partial charge >= 0.3 is 6.47 Å². The van der Waals surface area contributed by atoms with Crippen molar-refractivity contribution in [1.82, 2.24) is 0 Å². The van der Waals surface area contributed by atoms with Crippen molar-refractivity contribution in [2.24, 2.45) is 0 Å². The second kappa shape index (κ2) is 7.43. The second-order valence-corrected chi connectivity index (χ2v) is 1.72. The normalized spacial score (nSPS) is 9.00. The van der Waals surface area contributed by atoms with Gasteiger partial charge in [0.05, 0.1) is 6.61 Å². The molecule has 0 amide bonds. The third-order valence-corrected chi connectivity index (χ3v) is 0.939. The van der Waals surface area contributed by atoms with Gasteiger partial charge in [0.2, 0.25) is 0 Å². The van der Waals surface area contributed by atoms with Crippen molar-refractivity contribution in [2.75, 3.05) is 6.61 Å². The van der Waals surface area contributed by atoms with Gasteiger partial charge in [-0.05, 0) is 6.42 Å². The van der Waals surface area contributed by atoms with Gasteiger partial charge in [0, 0.05) is 0 Å². The summed E-state index contributed by atoms with van der Waals surface area (Å²) in [5, 5.41) is 0. The van der Waals surface area contributed by atoms with Crippen LogP contribution in [0.1, 0.15) is 26.2 Å². The Bertz CT molecular complexity index is 63.3. The molecule has 0 N–H and O–H groups in total. The Morgan fingerprint density at radius 2 is 2.22 bits per heavy atom. The number of carbonyl (C=O) groups is 1. The molecule has 3 nitrogen and oxygen atoms in total. The first-order valence-electron chi connectivity index (χ1n) is 3.13. The lowest BCUT2D eigenvalue weighted by molar-refractivity contribution is -0.259. The number of hydrogen-bond donors (Lipinski definition) is 0. The summed E-state index contributed by atoms with van der Waals surface area (Å²) in [6.45, 7) is 2.89. The lowest BCUT2D eigenvalue weighted by Crippen LogP contribution is -1.93. The molecule has 0 rings (SSSR count). The molecule has 9 heavy (non-hydrogen) atoms. The van der Waals surface area contributed by atoms with Crippen molar-refractivity contribution < 1.29 is 14.6 Å². The van der Waals surface area contributed by atoms with Gasteiger partial charge in [0.25, 0.3) is 0 Å². The SMILES string of the molecule is CCCCCOOC=O. The lowest BCUT2D eigenvalue weighted by atomic mass is 10.3. The van der Waals surface area contributed by atoms with Crippen molar-refractivity contribution in [3.8, 4) is 0 Å². The zero-order valence-corrected chi connectivity index (χ0v) is 5.63. The summed E-state index contributed by atoms with van der Waals surface area (Å²) >= 11 is 0. The van der Waals surface area contributed by atoms with Crippen LogP contribution >= 0.6 is 0 Å². The van der Waals surface area contributed by atoms with E-state index in [2.05, 4.69) is 16.7 Å². The first kappa shape index (κ1) is 8.43. The van der Waals surface area contributed by atoms with Crippen LogP contribution in [0.4, 0.5) is 0 Å². The Morgan fingerprint density at radius 3 is 2.78 bits per heavy atom. The molecular weight excluding hydrogens is 120 g/mol. The minimum Gasteiger partial charge on any atom is -0.302 e. The molecule has 54 valence electrons. The molecule has 0 aliphatic heterocycles. The van der Waals surface area contributed by atoms with E-state index in [9.17, 15) is 4.79 Å². The zero-order valence-electron chi connectivity index (χ0n) is 5.63. The largest absolute Gasteiger partial charge is 0.330 e. The average Bonchev–Trinajstić information content (AvgIpc) is 1.89. The average molecular weight is 132 g/mol. The van der Waals surface area contributed by atoms with Crippen LogP contribution in [-0.4, -0.2) is 13.1 Å². The van der Waals surface area contributed by atoms with E-state index in [-0.39, 0.29) is 6.47 Å². The molecule has 0 fully saturated rings. The molecule has 0 aromatic carbocycles. The van der Waals surface area contributed by atoms with Crippen LogP contribution in [0.5, 0.6) is 0 Å². The van der Waals surface area contributed by atoms with E-state index in [0.717, 1.165) is 19.3 Å². The summed E-state index contributed by atoms with van der Waals surface area (Å²) in [5.74, 6) is 0. The summed E-state index contributed by atoms with van der Waals surface area (Å²) in [4.78, 5) is 17.9. The van der Waals surface area contributed by atoms with Crippen LogP contribution in [0, 0.1) is 0 Å². The predicted molar refractivity (Wildman–Crippen MR) is 32.6 cm³/mol. The third-order valence-electron chi connectivity index (χ3n) is 0.939. The summed E-state index contributed by atoms with van der Waals surface area (Å²) in [7, 11) is 0. The molecule has 0 atom stereocenters. The molecule has 0 aromatic rings. The molecule has 0 spiro atoms. The van der Waals surface area contributed by atoms with E-state index in [1.54, 1.807) is 0 Å². The minimum atomic E-state index is 0.284. The van der Waals surface area contributed by atoms with Crippen LogP contribution in [0.2, 0.25) is 0 Å². The minimum absolute atomic E-state index is 0.284. The molecule has 0 saturated heterocycles. The van der Waals surface area contributed by atoms with Crippen LogP contribution < -0.4 is 0 Å². The highest BCUT2D eigenvalue weighted by Crippen LogP contribution is 1.93. The highest BCUT2D eigenvalue weighted by Gasteiger charge is 1.85. The summed E-state index contributed by atoms with van der Waals surface area (Å²) in [6, 6.07) is 0. The summed E-state index contributed by atoms with van der Waals surface area (Å²) in [6.07, 6.45) is 3.21. The topological polar surface area (TPSA) is 35.5 Å². The van der Waals surface area contributed by atoms with E-state index >= 15 is 0 Å². The first-order valence-corrected chi connectivity index (χ1v) is 3.13. The second-order valence-electron chi connectivity index (χ2n) is 1.72. The lowest BCUT2D eigenvalue weighted by Gasteiger charge is -1.95. The maximum atomic E-state index is 9.49. The van der Waals surface area contributed by atoms with E-state index < -0.39 is 0 Å². The predicted octanol–water partition coefficient (Wildman–Crippen LogP) is 1.28. The Kier molecular flexibility index (Phi) is 6.96. The van der Waals surface area contributed by atoms with Gasteiger partial charge < -0.3 is 4.89 Å². The van der Waals surface area contributed by atoms with Gasteiger partial charge in [-0.15, -0.1) is 0 Å². The quantitative estimate of drug-likeness (QED) is 0.236. The molecule has 0 saturated carbocycles. The standard InChI is InChI=1S/C6H12O3/c1-2-3-4-5-8-9-6-7/h6H,2-5H2,1H3. The molecule has 0 aliphatic rings. The Labute approximate surface area is 54.9 Å². The van der Waals surface area contributed by atoms with Crippen LogP contribution in [0.3, 0.4) is 0 Å². The van der Waals surface area contributed by atoms with Gasteiger partial charge in [-0.2, -0.15) is 4.89 Å². The summed E-state index contributed by atoms with van der Waals surface area (Å²) < 4.78 is 0. The van der Waals surface area contributed by atoms with Crippen molar-refractivity contribution in [3.63, 3.8) is 0 Å². The molecule has 3 heteroatoms. The van der Waals surface area contributed by atoms with Crippen LogP contribution in [0.15, 0.2) is 0 Å². The fourth-order valence-corrected chi connectivity index (χ4v) is 0.487. The summed E-state index contributed by atoms with van der Waals surface area (Å²) in [5.41, 5.74) is 0. The fourth-order valence-electron chi connectivity index (χ4n) is 0.487. The number of unbranched alkanes of at least 4 members (excludes halogenated alkanes) is 2. The maximum absolute atomic E-state index is 9.49. The van der Waals surface area contributed by atoms with Gasteiger partial charge in [-0.1, -0.05) is 19.8 Å². The van der Waals surface area contributed by atoms with Gasteiger partial charge in [0.1, 0.15) is 0 Å². The highest BCUT2D eigenvalue weighted by atomic mass is 17.2. The van der Waals surface area contributed by atoms with E-state index in [0.29, 0.717) is 6.61 Å². The number of hydrogen-bond acceptors (Lipinski definition) is 3. The molecule has 0 bridgehead atoms. The molecule has 0 radical (unpaired) electrons. The van der Waals surface area contributed by atoms with Crippen molar-refractivity contribution in [3.05, 3.63) is 0 Å². The van der Waals surface area contributed by atoms with Gasteiger partial charge in [0.15, 0.2) is 0 Å². The van der Waals surface area contributed by atoms with Crippen molar-refractivity contribution in [1.29, 1.82) is 0 Å².